The molecular formula is C21H27NO3S. The van der Waals surface area contributed by atoms with Crippen LogP contribution in [-0.2, 0) is 4.79 Å². The van der Waals surface area contributed by atoms with Crippen molar-refractivity contribution in [1.29, 1.82) is 0 Å². The number of aromatic amines is 1. The van der Waals surface area contributed by atoms with Crippen LogP contribution in [0.15, 0.2) is 29.1 Å². The monoisotopic (exact) mass is 373 g/mol. The van der Waals surface area contributed by atoms with Gasteiger partial charge < -0.3 is 9.72 Å². The van der Waals surface area contributed by atoms with Gasteiger partial charge in [-0.25, -0.2) is 0 Å². The lowest BCUT2D eigenvalue weighted by molar-refractivity contribution is -0.119. The molecule has 0 aliphatic carbocycles. The predicted molar refractivity (Wildman–Crippen MR) is 108 cm³/mol. The molecule has 1 aromatic heterocycles. The van der Waals surface area contributed by atoms with Crippen molar-refractivity contribution in [3.05, 3.63) is 49.4 Å². The van der Waals surface area contributed by atoms with Gasteiger partial charge in [-0.2, -0.15) is 0 Å². The van der Waals surface area contributed by atoms with E-state index in [4.69, 9.17) is 4.74 Å². The first-order chi connectivity index (χ1) is 12.1. The van der Waals surface area contributed by atoms with E-state index in [0.717, 1.165) is 17.7 Å². The summed E-state index contributed by atoms with van der Waals surface area (Å²) < 4.78 is 6.86. The van der Waals surface area contributed by atoms with Crippen LogP contribution in [0.5, 0.6) is 5.75 Å². The number of carbonyl (C=O) groups is 1. The Hall–Kier alpha value is -2.14. The number of hydrogen-bond donors (Lipinski definition) is 1. The molecule has 0 spiro atoms. The summed E-state index contributed by atoms with van der Waals surface area (Å²) in [6.07, 6.45) is 4.35. The van der Waals surface area contributed by atoms with E-state index in [-0.39, 0.29) is 11.3 Å². The van der Waals surface area contributed by atoms with Gasteiger partial charge in [0.05, 0.1) is 15.8 Å². The lowest BCUT2D eigenvalue weighted by Crippen LogP contribution is -2.22. The molecule has 2 rings (SSSR count). The average molecular weight is 374 g/mol. The fourth-order valence-corrected chi connectivity index (χ4v) is 2.97. The Bertz CT molecular complexity index is 912. The number of Topliss-reactive ketones (excluding diaryl/α,β-unsaturated/α-hetero) is 1. The van der Waals surface area contributed by atoms with Crippen LogP contribution in [0.3, 0.4) is 0 Å². The van der Waals surface area contributed by atoms with Crippen molar-refractivity contribution in [2.75, 3.05) is 6.61 Å². The molecule has 1 aromatic carbocycles. The standard InChI is InChI=1S/C21H27NO3S/c1-14(2)10-11-25-16-8-6-15(7-9-16)12-17-20(24)22-19(26-17)13-18(23)21(3,4)5/h6-9,12-14H,10-11H2,1-5H3,(H,22,24)/b17-12+,19-13+. The Morgan fingerprint density at radius 3 is 2.46 bits per heavy atom. The number of carbonyl (C=O) groups excluding carboxylic acids is 1. The van der Waals surface area contributed by atoms with Crippen LogP contribution in [0.1, 0.15) is 46.6 Å². The Labute approximate surface area is 158 Å². The van der Waals surface area contributed by atoms with Gasteiger partial charge in [-0.1, -0.05) is 46.8 Å². The second-order valence-corrected chi connectivity index (χ2v) is 8.87. The molecule has 0 radical (unpaired) electrons. The van der Waals surface area contributed by atoms with E-state index in [0.29, 0.717) is 21.7 Å². The van der Waals surface area contributed by atoms with Gasteiger partial charge in [-0.15, -0.1) is 11.3 Å². The van der Waals surface area contributed by atoms with Gasteiger partial charge in [0.15, 0.2) is 5.78 Å². The fraction of sp³-hybridized carbons (Fsp3) is 0.429. The summed E-state index contributed by atoms with van der Waals surface area (Å²) in [5, 5.41) is 0. The van der Waals surface area contributed by atoms with E-state index in [1.165, 1.54) is 17.4 Å². The molecule has 1 N–H and O–H groups in total. The topological polar surface area (TPSA) is 59.2 Å². The zero-order valence-corrected chi connectivity index (χ0v) is 16.9. The van der Waals surface area contributed by atoms with Crippen molar-refractivity contribution >= 4 is 29.3 Å². The van der Waals surface area contributed by atoms with Crippen LogP contribution in [0.25, 0.3) is 12.2 Å². The lowest BCUT2D eigenvalue weighted by Gasteiger charge is -2.12. The number of aromatic nitrogens is 1. The molecule has 0 saturated carbocycles. The number of H-pyrrole nitrogens is 1. The Balaban J connectivity index is 2.19. The molecule has 0 fully saturated rings. The first-order valence-corrected chi connectivity index (χ1v) is 9.66. The first kappa shape index (κ1) is 20.2. The highest BCUT2D eigenvalue weighted by Crippen LogP contribution is 2.15. The molecule has 5 heteroatoms. The summed E-state index contributed by atoms with van der Waals surface area (Å²) in [6.45, 7) is 10.6. The van der Waals surface area contributed by atoms with Crippen molar-refractivity contribution in [2.24, 2.45) is 11.3 Å². The zero-order chi connectivity index (χ0) is 19.3. The van der Waals surface area contributed by atoms with E-state index < -0.39 is 5.41 Å². The quantitative estimate of drug-likeness (QED) is 0.846. The average Bonchev–Trinajstić information content (AvgIpc) is 2.87. The van der Waals surface area contributed by atoms with Crippen LogP contribution < -0.4 is 19.5 Å². The molecule has 0 amide bonds. The largest absolute Gasteiger partial charge is 0.494 e. The molecule has 2 aromatic rings. The van der Waals surface area contributed by atoms with Crippen molar-refractivity contribution in [3.63, 3.8) is 0 Å². The third kappa shape index (κ3) is 5.99. The molecule has 0 aliphatic heterocycles. The van der Waals surface area contributed by atoms with Gasteiger partial charge in [-0.05, 0) is 36.1 Å². The summed E-state index contributed by atoms with van der Waals surface area (Å²) in [6, 6.07) is 7.66. The van der Waals surface area contributed by atoms with Gasteiger partial charge in [-0.3, -0.25) is 9.59 Å². The molecule has 140 valence electrons. The molecule has 0 aliphatic rings. The van der Waals surface area contributed by atoms with Crippen LogP contribution in [0, 0.1) is 11.3 Å². The molecular weight excluding hydrogens is 346 g/mol. The molecule has 0 atom stereocenters. The highest BCUT2D eigenvalue weighted by Gasteiger charge is 2.18. The second kappa shape index (κ2) is 8.49. The summed E-state index contributed by atoms with van der Waals surface area (Å²) in [5.74, 6) is 1.43. The first-order valence-electron chi connectivity index (χ1n) is 8.85. The number of benzene rings is 1. The van der Waals surface area contributed by atoms with Gasteiger partial charge in [0.2, 0.25) is 0 Å². The van der Waals surface area contributed by atoms with E-state index in [1.807, 2.05) is 51.1 Å². The summed E-state index contributed by atoms with van der Waals surface area (Å²) in [5.41, 5.74) is 0.276. The lowest BCUT2D eigenvalue weighted by atomic mass is 9.91. The highest BCUT2D eigenvalue weighted by atomic mass is 32.1. The van der Waals surface area contributed by atoms with E-state index in [9.17, 15) is 9.59 Å². The van der Waals surface area contributed by atoms with Gasteiger partial charge in [0, 0.05) is 11.5 Å². The third-order valence-corrected chi connectivity index (χ3v) is 4.79. The molecule has 0 saturated heterocycles. The predicted octanol–water partition coefficient (Wildman–Crippen LogP) is 3.09. The number of ether oxygens (including phenoxy) is 1. The number of nitrogens with one attached hydrogen (secondary N) is 1. The molecule has 0 unspecified atom stereocenters. The maximum atomic E-state index is 12.1. The van der Waals surface area contributed by atoms with Crippen molar-refractivity contribution in [3.8, 4) is 5.75 Å². The van der Waals surface area contributed by atoms with Crippen LogP contribution in [0.2, 0.25) is 0 Å². The third-order valence-electron chi connectivity index (χ3n) is 3.82. The van der Waals surface area contributed by atoms with Crippen molar-refractivity contribution in [1.82, 2.24) is 4.98 Å². The number of ketones is 1. The minimum Gasteiger partial charge on any atom is -0.494 e. The zero-order valence-electron chi connectivity index (χ0n) is 16.1. The number of thiazole rings is 1. The van der Waals surface area contributed by atoms with Crippen molar-refractivity contribution < 1.29 is 9.53 Å². The van der Waals surface area contributed by atoms with Gasteiger partial charge in [0.25, 0.3) is 5.56 Å². The van der Waals surface area contributed by atoms with E-state index >= 15 is 0 Å². The second-order valence-electron chi connectivity index (χ2n) is 7.79. The van der Waals surface area contributed by atoms with Gasteiger partial charge in [0.1, 0.15) is 5.75 Å². The van der Waals surface area contributed by atoms with Crippen LogP contribution in [0.4, 0.5) is 0 Å². The molecule has 4 nitrogen and oxygen atoms in total. The molecule has 1 heterocycles. The maximum Gasteiger partial charge on any atom is 0.266 e. The van der Waals surface area contributed by atoms with Crippen LogP contribution in [-0.4, -0.2) is 17.4 Å². The normalized spacial score (nSPS) is 13.5. The van der Waals surface area contributed by atoms with Gasteiger partial charge >= 0.3 is 0 Å². The number of hydrogen-bond acceptors (Lipinski definition) is 4. The molecule has 0 bridgehead atoms. The number of rotatable bonds is 6. The minimum absolute atomic E-state index is 0.00977. The Kier molecular flexibility index (Phi) is 6.59. The van der Waals surface area contributed by atoms with Crippen LogP contribution >= 0.6 is 11.3 Å². The summed E-state index contributed by atoms with van der Waals surface area (Å²) in [4.78, 5) is 26.9. The van der Waals surface area contributed by atoms with E-state index in [2.05, 4.69) is 18.8 Å². The smallest absolute Gasteiger partial charge is 0.266 e. The highest BCUT2D eigenvalue weighted by molar-refractivity contribution is 7.07. The fourth-order valence-electron chi connectivity index (χ4n) is 2.08. The summed E-state index contributed by atoms with van der Waals surface area (Å²) in [7, 11) is 0. The minimum atomic E-state index is -0.462. The van der Waals surface area contributed by atoms with E-state index in [1.54, 1.807) is 0 Å². The maximum absolute atomic E-state index is 12.1. The Morgan fingerprint density at radius 2 is 1.88 bits per heavy atom. The molecule has 26 heavy (non-hydrogen) atoms. The van der Waals surface area contributed by atoms with Crippen molar-refractivity contribution in [2.45, 2.75) is 41.0 Å². The SMILES string of the molecule is CC(C)CCOc1ccc(/C=c2/s/c(=C/C(=O)C(C)(C)C)[nH]c2=O)cc1. The summed E-state index contributed by atoms with van der Waals surface area (Å²) >= 11 is 1.29. The Morgan fingerprint density at radius 1 is 1.23 bits per heavy atom.